The summed E-state index contributed by atoms with van der Waals surface area (Å²) in [6, 6.07) is 14.2. The smallest absolute Gasteiger partial charge is 0.336 e. The van der Waals surface area contributed by atoms with Gasteiger partial charge in [0.2, 0.25) is 0 Å². The zero-order valence-corrected chi connectivity index (χ0v) is 15.2. The number of ether oxygens (including phenoxy) is 1. The zero-order valence-electron chi connectivity index (χ0n) is 15.2. The Morgan fingerprint density at radius 3 is 2.90 bits per heavy atom. The number of carbonyl (C=O) groups is 1. The highest BCUT2D eigenvalue weighted by Gasteiger charge is 2.08. The number of nitrogens with one attached hydrogen (secondary N) is 1. The number of anilines is 1. The van der Waals surface area contributed by atoms with Crippen molar-refractivity contribution in [3.05, 3.63) is 88.8 Å². The van der Waals surface area contributed by atoms with Gasteiger partial charge in [-0.25, -0.2) is 9.18 Å². The van der Waals surface area contributed by atoms with E-state index in [4.69, 9.17) is 9.15 Å². The second-order valence-electron chi connectivity index (χ2n) is 6.35. The number of amides is 1. The van der Waals surface area contributed by atoms with Crippen molar-refractivity contribution in [2.45, 2.75) is 6.54 Å². The molecule has 146 valence electrons. The van der Waals surface area contributed by atoms with Crippen LogP contribution in [0.3, 0.4) is 0 Å². The SMILES string of the molecule is O=C(COc1ccc2ccc(=O)oc2c1)Nc1cnn(Cc2cccc(F)c2)c1. The molecule has 4 rings (SSSR count). The van der Waals surface area contributed by atoms with E-state index in [-0.39, 0.29) is 18.3 Å². The van der Waals surface area contributed by atoms with Crippen molar-refractivity contribution in [2.75, 3.05) is 11.9 Å². The highest BCUT2D eigenvalue weighted by atomic mass is 19.1. The van der Waals surface area contributed by atoms with Crippen LogP contribution in [0.15, 0.2) is 76.2 Å². The van der Waals surface area contributed by atoms with E-state index >= 15 is 0 Å². The average molecular weight is 393 g/mol. The molecule has 0 aliphatic heterocycles. The Morgan fingerprint density at radius 1 is 1.17 bits per heavy atom. The van der Waals surface area contributed by atoms with Crippen LogP contribution in [0, 0.1) is 5.82 Å². The predicted octanol–water partition coefficient (Wildman–Crippen LogP) is 3.19. The Bertz CT molecular complexity index is 1230. The lowest BCUT2D eigenvalue weighted by atomic mass is 10.2. The summed E-state index contributed by atoms with van der Waals surface area (Å²) < 4.78 is 25.4. The Hall–Kier alpha value is -3.94. The molecule has 0 spiro atoms. The van der Waals surface area contributed by atoms with Crippen LogP contribution >= 0.6 is 0 Å². The van der Waals surface area contributed by atoms with Gasteiger partial charge in [0.1, 0.15) is 17.1 Å². The van der Waals surface area contributed by atoms with Gasteiger partial charge in [-0.1, -0.05) is 12.1 Å². The number of carbonyl (C=O) groups excluding carboxylic acids is 1. The van der Waals surface area contributed by atoms with Gasteiger partial charge >= 0.3 is 5.63 Å². The Labute approximate surface area is 164 Å². The molecule has 2 aromatic carbocycles. The van der Waals surface area contributed by atoms with Gasteiger partial charge in [0.15, 0.2) is 6.61 Å². The summed E-state index contributed by atoms with van der Waals surface area (Å²) in [5, 5.41) is 7.59. The van der Waals surface area contributed by atoms with Gasteiger partial charge in [0.05, 0.1) is 18.4 Å². The quantitative estimate of drug-likeness (QED) is 0.509. The van der Waals surface area contributed by atoms with Gasteiger partial charge in [-0.05, 0) is 35.9 Å². The largest absolute Gasteiger partial charge is 0.484 e. The molecule has 2 heterocycles. The first kappa shape index (κ1) is 18.4. The zero-order chi connectivity index (χ0) is 20.2. The fraction of sp³-hybridized carbons (Fsp3) is 0.0952. The van der Waals surface area contributed by atoms with Gasteiger partial charge in [-0.15, -0.1) is 0 Å². The summed E-state index contributed by atoms with van der Waals surface area (Å²) in [5.74, 6) is -0.276. The first-order chi connectivity index (χ1) is 14.0. The summed E-state index contributed by atoms with van der Waals surface area (Å²) in [5.41, 5.74) is 1.19. The molecule has 0 saturated heterocycles. The number of fused-ring (bicyclic) bond motifs is 1. The van der Waals surface area contributed by atoms with Crippen molar-refractivity contribution in [3.63, 3.8) is 0 Å². The van der Waals surface area contributed by atoms with Crippen LogP contribution in [0.25, 0.3) is 11.0 Å². The van der Waals surface area contributed by atoms with Crippen molar-refractivity contribution in [2.24, 2.45) is 0 Å². The van der Waals surface area contributed by atoms with Crippen LogP contribution in [0.4, 0.5) is 10.1 Å². The summed E-state index contributed by atoms with van der Waals surface area (Å²) >= 11 is 0. The number of hydrogen-bond donors (Lipinski definition) is 1. The van der Waals surface area contributed by atoms with Crippen LogP contribution in [0.5, 0.6) is 5.75 Å². The van der Waals surface area contributed by atoms with E-state index in [0.29, 0.717) is 23.6 Å². The van der Waals surface area contributed by atoms with Crippen LogP contribution in [-0.2, 0) is 11.3 Å². The van der Waals surface area contributed by atoms with Crippen LogP contribution in [0.2, 0.25) is 0 Å². The normalized spacial score (nSPS) is 10.8. The Balaban J connectivity index is 1.34. The van der Waals surface area contributed by atoms with Gasteiger partial charge < -0.3 is 14.5 Å². The van der Waals surface area contributed by atoms with E-state index in [9.17, 15) is 14.0 Å². The number of halogens is 1. The average Bonchev–Trinajstić information content (AvgIpc) is 3.12. The third kappa shape index (κ3) is 4.67. The minimum absolute atomic E-state index is 0.225. The van der Waals surface area contributed by atoms with Crippen molar-refractivity contribution >= 4 is 22.6 Å². The molecule has 7 nitrogen and oxygen atoms in total. The third-order valence-corrected chi connectivity index (χ3v) is 4.12. The monoisotopic (exact) mass is 393 g/mol. The van der Waals surface area contributed by atoms with E-state index in [1.165, 1.54) is 24.4 Å². The molecule has 0 unspecified atom stereocenters. The maximum absolute atomic E-state index is 13.3. The molecule has 8 heteroatoms. The van der Waals surface area contributed by atoms with Crippen molar-refractivity contribution in [1.29, 1.82) is 0 Å². The highest BCUT2D eigenvalue weighted by molar-refractivity contribution is 5.91. The standard InChI is InChI=1S/C21H16FN3O4/c22-16-3-1-2-14(8-16)11-25-12-17(10-23-25)24-20(26)13-28-18-6-4-15-5-7-21(27)29-19(15)9-18/h1-10,12H,11,13H2,(H,24,26). The molecule has 0 bridgehead atoms. The molecular weight excluding hydrogens is 377 g/mol. The Morgan fingerprint density at radius 2 is 2.03 bits per heavy atom. The molecule has 4 aromatic rings. The maximum Gasteiger partial charge on any atom is 0.336 e. The van der Waals surface area contributed by atoms with E-state index in [2.05, 4.69) is 10.4 Å². The lowest BCUT2D eigenvalue weighted by molar-refractivity contribution is -0.118. The van der Waals surface area contributed by atoms with Crippen molar-refractivity contribution in [1.82, 2.24) is 9.78 Å². The second kappa shape index (κ2) is 7.97. The molecule has 29 heavy (non-hydrogen) atoms. The summed E-state index contributed by atoms with van der Waals surface area (Å²) in [7, 11) is 0. The van der Waals surface area contributed by atoms with E-state index < -0.39 is 5.63 Å². The first-order valence-corrected chi connectivity index (χ1v) is 8.79. The minimum Gasteiger partial charge on any atom is -0.484 e. The molecule has 0 radical (unpaired) electrons. The van der Waals surface area contributed by atoms with Gasteiger partial charge in [0, 0.05) is 23.7 Å². The first-order valence-electron chi connectivity index (χ1n) is 8.79. The number of aromatic nitrogens is 2. The fourth-order valence-corrected chi connectivity index (χ4v) is 2.81. The third-order valence-electron chi connectivity index (χ3n) is 4.12. The van der Waals surface area contributed by atoms with E-state index in [1.807, 2.05) is 0 Å². The van der Waals surface area contributed by atoms with Crippen molar-refractivity contribution < 1.29 is 18.3 Å². The van der Waals surface area contributed by atoms with Crippen LogP contribution in [0.1, 0.15) is 5.56 Å². The molecular formula is C21H16FN3O4. The number of nitrogens with zero attached hydrogens (tertiary/aromatic N) is 2. The lowest BCUT2D eigenvalue weighted by Gasteiger charge is -2.07. The van der Waals surface area contributed by atoms with E-state index in [1.54, 1.807) is 47.3 Å². The number of benzene rings is 2. The number of hydrogen-bond acceptors (Lipinski definition) is 5. The molecule has 0 fully saturated rings. The summed E-state index contributed by atoms with van der Waals surface area (Å²) in [4.78, 5) is 23.4. The van der Waals surface area contributed by atoms with E-state index in [0.717, 1.165) is 10.9 Å². The molecule has 1 N–H and O–H groups in total. The molecule has 2 aromatic heterocycles. The van der Waals surface area contributed by atoms with Crippen LogP contribution < -0.4 is 15.7 Å². The Kier molecular flexibility index (Phi) is 5.07. The molecule has 1 amide bonds. The number of rotatable bonds is 6. The fourth-order valence-electron chi connectivity index (χ4n) is 2.81. The highest BCUT2D eigenvalue weighted by Crippen LogP contribution is 2.19. The van der Waals surface area contributed by atoms with Crippen LogP contribution in [-0.4, -0.2) is 22.3 Å². The maximum atomic E-state index is 13.3. The second-order valence-corrected chi connectivity index (χ2v) is 6.35. The minimum atomic E-state index is -0.456. The van der Waals surface area contributed by atoms with Crippen molar-refractivity contribution in [3.8, 4) is 5.75 Å². The molecule has 0 atom stereocenters. The summed E-state index contributed by atoms with van der Waals surface area (Å²) in [6.45, 7) is 0.157. The molecule has 0 saturated carbocycles. The molecule has 0 aliphatic carbocycles. The lowest BCUT2D eigenvalue weighted by Crippen LogP contribution is -2.19. The molecule has 0 aliphatic rings. The van der Waals surface area contributed by atoms with Gasteiger partial charge in [0.25, 0.3) is 5.91 Å². The summed E-state index contributed by atoms with van der Waals surface area (Å²) in [6.07, 6.45) is 3.15. The topological polar surface area (TPSA) is 86.4 Å². The predicted molar refractivity (Wildman–Crippen MR) is 104 cm³/mol. The van der Waals surface area contributed by atoms with Gasteiger partial charge in [-0.3, -0.25) is 9.48 Å². The van der Waals surface area contributed by atoms with Gasteiger partial charge in [-0.2, -0.15) is 5.10 Å².